The van der Waals surface area contributed by atoms with Crippen LogP contribution < -0.4 is 10.5 Å². The van der Waals surface area contributed by atoms with Crippen LogP contribution in [-0.4, -0.2) is 9.97 Å². The zero-order valence-electron chi connectivity index (χ0n) is 9.30. The summed E-state index contributed by atoms with van der Waals surface area (Å²) >= 11 is 3.39. The van der Waals surface area contributed by atoms with E-state index in [1.807, 2.05) is 31.2 Å². The molecule has 88 valence electrons. The number of ether oxygens (including phenoxy) is 1. The summed E-state index contributed by atoms with van der Waals surface area (Å²) in [6.07, 6.45) is 1.45. The standard InChI is InChI=1S/C12H12BrN3O/c1-8(11-5-6-15-12(14)16-11)17-10-4-2-3-9(13)7-10/h2-8H,1H3,(H2,14,15,16). The average molecular weight is 294 g/mol. The predicted molar refractivity (Wildman–Crippen MR) is 69.6 cm³/mol. The van der Waals surface area contributed by atoms with Crippen molar-refractivity contribution in [2.45, 2.75) is 13.0 Å². The van der Waals surface area contributed by atoms with Crippen LogP contribution in [-0.2, 0) is 0 Å². The average Bonchev–Trinajstić information content (AvgIpc) is 2.29. The molecule has 1 unspecified atom stereocenters. The minimum atomic E-state index is -0.172. The summed E-state index contributed by atoms with van der Waals surface area (Å²) in [6.45, 7) is 1.92. The van der Waals surface area contributed by atoms with E-state index in [0.717, 1.165) is 15.9 Å². The molecule has 1 aromatic heterocycles. The Labute approximate surface area is 108 Å². The molecule has 1 atom stereocenters. The summed E-state index contributed by atoms with van der Waals surface area (Å²) < 4.78 is 6.74. The Morgan fingerprint density at radius 2 is 2.18 bits per heavy atom. The zero-order chi connectivity index (χ0) is 12.3. The lowest BCUT2D eigenvalue weighted by atomic mass is 10.2. The van der Waals surface area contributed by atoms with Gasteiger partial charge >= 0.3 is 0 Å². The molecule has 0 aliphatic rings. The normalized spacial score (nSPS) is 12.1. The number of aromatic nitrogens is 2. The summed E-state index contributed by atoms with van der Waals surface area (Å²) in [5, 5.41) is 0. The molecule has 5 heteroatoms. The van der Waals surface area contributed by atoms with E-state index in [-0.39, 0.29) is 12.1 Å². The first kappa shape index (κ1) is 11.9. The largest absolute Gasteiger partial charge is 0.484 e. The number of hydrogen-bond acceptors (Lipinski definition) is 4. The SMILES string of the molecule is CC(Oc1cccc(Br)c1)c1ccnc(N)n1. The van der Waals surface area contributed by atoms with Crippen molar-refractivity contribution in [2.24, 2.45) is 0 Å². The van der Waals surface area contributed by atoms with Gasteiger partial charge in [-0.1, -0.05) is 22.0 Å². The molecule has 17 heavy (non-hydrogen) atoms. The van der Waals surface area contributed by atoms with E-state index in [1.165, 1.54) is 0 Å². The van der Waals surface area contributed by atoms with Gasteiger partial charge in [0.15, 0.2) is 0 Å². The van der Waals surface area contributed by atoms with Crippen molar-refractivity contribution >= 4 is 21.9 Å². The topological polar surface area (TPSA) is 61.0 Å². The van der Waals surface area contributed by atoms with Gasteiger partial charge in [0, 0.05) is 10.7 Å². The van der Waals surface area contributed by atoms with Gasteiger partial charge in [-0.25, -0.2) is 9.97 Å². The summed E-state index contributed by atoms with van der Waals surface area (Å²) in [5.41, 5.74) is 6.29. The van der Waals surface area contributed by atoms with Crippen LogP contribution in [0.15, 0.2) is 41.0 Å². The highest BCUT2D eigenvalue weighted by Crippen LogP contribution is 2.23. The Hall–Kier alpha value is -1.62. The Morgan fingerprint density at radius 1 is 1.35 bits per heavy atom. The second-order valence-electron chi connectivity index (χ2n) is 3.56. The van der Waals surface area contributed by atoms with Gasteiger partial charge in [0.25, 0.3) is 0 Å². The van der Waals surface area contributed by atoms with E-state index in [0.29, 0.717) is 0 Å². The first-order chi connectivity index (χ1) is 8.15. The van der Waals surface area contributed by atoms with Crippen molar-refractivity contribution in [3.05, 3.63) is 46.7 Å². The van der Waals surface area contributed by atoms with E-state index in [1.54, 1.807) is 12.3 Å². The first-order valence-corrected chi connectivity index (χ1v) is 5.95. The minimum Gasteiger partial charge on any atom is -0.484 e. The molecule has 0 radical (unpaired) electrons. The van der Waals surface area contributed by atoms with Crippen molar-refractivity contribution < 1.29 is 4.74 Å². The van der Waals surface area contributed by atoms with Crippen molar-refractivity contribution in [3.63, 3.8) is 0 Å². The molecular formula is C12H12BrN3O. The molecule has 0 aliphatic heterocycles. The molecule has 0 aliphatic carbocycles. The van der Waals surface area contributed by atoms with Gasteiger partial charge < -0.3 is 10.5 Å². The van der Waals surface area contributed by atoms with Crippen molar-refractivity contribution in [1.29, 1.82) is 0 Å². The molecule has 4 nitrogen and oxygen atoms in total. The van der Waals surface area contributed by atoms with Crippen LogP contribution in [0.2, 0.25) is 0 Å². The molecule has 0 fully saturated rings. The van der Waals surface area contributed by atoms with Crippen molar-refractivity contribution in [1.82, 2.24) is 9.97 Å². The molecule has 0 spiro atoms. The Morgan fingerprint density at radius 3 is 2.88 bits per heavy atom. The maximum absolute atomic E-state index is 5.76. The molecule has 0 saturated heterocycles. The number of anilines is 1. The summed E-state index contributed by atoms with van der Waals surface area (Å²) in [5.74, 6) is 1.04. The maximum atomic E-state index is 5.76. The van der Waals surface area contributed by atoms with Crippen LogP contribution in [0.1, 0.15) is 18.7 Å². The fourth-order valence-corrected chi connectivity index (χ4v) is 1.80. The number of hydrogen-bond donors (Lipinski definition) is 1. The first-order valence-electron chi connectivity index (χ1n) is 5.16. The Bertz CT molecular complexity index is 519. The number of benzene rings is 1. The van der Waals surface area contributed by atoms with Crippen molar-refractivity contribution in [3.8, 4) is 5.75 Å². The van der Waals surface area contributed by atoms with Gasteiger partial charge in [0.1, 0.15) is 11.9 Å². The fraction of sp³-hybridized carbons (Fsp3) is 0.167. The van der Waals surface area contributed by atoms with E-state index in [9.17, 15) is 0 Å². The highest BCUT2D eigenvalue weighted by Gasteiger charge is 2.09. The van der Waals surface area contributed by atoms with Crippen LogP contribution >= 0.6 is 15.9 Å². The quantitative estimate of drug-likeness (QED) is 0.945. The molecule has 0 bridgehead atoms. The fourth-order valence-electron chi connectivity index (χ4n) is 1.42. The zero-order valence-corrected chi connectivity index (χ0v) is 10.9. The molecule has 1 aromatic carbocycles. The predicted octanol–water partition coefficient (Wildman–Crippen LogP) is 2.96. The lowest BCUT2D eigenvalue weighted by molar-refractivity contribution is 0.222. The number of nitrogens with two attached hydrogens (primary N) is 1. The molecule has 0 saturated carbocycles. The third kappa shape index (κ3) is 3.17. The summed E-state index contributed by atoms with van der Waals surface area (Å²) in [7, 11) is 0. The van der Waals surface area contributed by atoms with Gasteiger partial charge in [-0.2, -0.15) is 0 Å². The number of nitrogen functional groups attached to an aromatic ring is 1. The smallest absolute Gasteiger partial charge is 0.220 e. The van der Waals surface area contributed by atoms with E-state index >= 15 is 0 Å². The van der Waals surface area contributed by atoms with Gasteiger partial charge in [-0.15, -0.1) is 0 Å². The van der Waals surface area contributed by atoms with Gasteiger partial charge in [-0.3, -0.25) is 0 Å². The van der Waals surface area contributed by atoms with Gasteiger partial charge in [0.05, 0.1) is 5.69 Å². The van der Waals surface area contributed by atoms with E-state index < -0.39 is 0 Å². The third-order valence-electron chi connectivity index (χ3n) is 2.22. The third-order valence-corrected chi connectivity index (χ3v) is 2.71. The van der Waals surface area contributed by atoms with Crippen LogP contribution in [0.4, 0.5) is 5.95 Å². The maximum Gasteiger partial charge on any atom is 0.220 e. The second-order valence-corrected chi connectivity index (χ2v) is 4.47. The monoisotopic (exact) mass is 293 g/mol. The second kappa shape index (κ2) is 5.14. The minimum absolute atomic E-state index is 0.172. The van der Waals surface area contributed by atoms with Crippen molar-refractivity contribution in [2.75, 3.05) is 5.73 Å². The molecular weight excluding hydrogens is 282 g/mol. The van der Waals surface area contributed by atoms with E-state index in [4.69, 9.17) is 10.5 Å². The van der Waals surface area contributed by atoms with Gasteiger partial charge in [0.2, 0.25) is 5.95 Å². The highest BCUT2D eigenvalue weighted by molar-refractivity contribution is 9.10. The number of nitrogens with zero attached hydrogens (tertiary/aromatic N) is 2. The molecule has 2 rings (SSSR count). The number of halogens is 1. The van der Waals surface area contributed by atoms with Crippen LogP contribution in [0.25, 0.3) is 0 Å². The molecule has 2 aromatic rings. The van der Waals surface area contributed by atoms with Gasteiger partial charge in [-0.05, 0) is 31.2 Å². The van der Waals surface area contributed by atoms with Crippen LogP contribution in [0, 0.1) is 0 Å². The molecule has 1 heterocycles. The van der Waals surface area contributed by atoms with Crippen LogP contribution in [0.3, 0.4) is 0 Å². The Balaban J connectivity index is 2.14. The number of rotatable bonds is 3. The molecule has 0 amide bonds. The van der Waals surface area contributed by atoms with E-state index in [2.05, 4.69) is 25.9 Å². The summed E-state index contributed by atoms with van der Waals surface area (Å²) in [4.78, 5) is 7.97. The lowest BCUT2D eigenvalue weighted by Crippen LogP contribution is -2.07. The highest BCUT2D eigenvalue weighted by atomic mass is 79.9. The Kier molecular flexibility index (Phi) is 3.58. The lowest BCUT2D eigenvalue weighted by Gasteiger charge is -2.14. The summed E-state index contributed by atoms with van der Waals surface area (Å²) in [6, 6.07) is 9.45. The molecule has 2 N–H and O–H groups in total. The van der Waals surface area contributed by atoms with Crippen LogP contribution in [0.5, 0.6) is 5.75 Å².